The first-order valence-corrected chi connectivity index (χ1v) is 8.13. The monoisotopic (exact) mass is 328 g/mol. The molecule has 1 atom stereocenters. The number of carbonyl (C=O) groups excluding carboxylic acids is 2. The van der Waals surface area contributed by atoms with Gasteiger partial charge < -0.3 is 0 Å². The third-order valence-electron chi connectivity index (χ3n) is 4.48. The standard InChI is InChI=1S/C21H16N2O2/c24-18(16-9-3-1-4-10-16)15-21(17-11-5-2-6-12-17)20(25)23-14-8-7-13-19(23)22-21/h1-14H,15H2. The SMILES string of the molecule is O=C(CC1(c2ccccc2)N=C2C=CC=CN2C1=O)c1ccccc1. The van der Waals surface area contributed by atoms with E-state index in [1.165, 1.54) is 4.90 Å². The highest BCUT2D eigenvalue weighted by Crippen LogP contribution is 2.39. The molecule has 1 unspecified atom stereocenters. The summed E-state index contributed by atoms with van der Waals surface area (Å²) in [7, 11) is 0. The van der Waals surface area contributed by atoms with Gasteiger partial charge in [0, 0.05) is 18.2 Å². The van der Waals surface area contributed by atoms with Crippen molar-refractivity contribution in [2.75, 3.05) is 0 Å². The van der Waals surface area contributed by atoms with Crippen LogP contribution in [0.2, 0.25) is 0 Å². The van der Waals surface area contributed by atoms with Crippen molar-refractivity contribution in [1.29, 1.82) is 0 Å². The quantitative estimate of drug-likeness (QED) is 0.807. The maximum Gasteiger partial charge on any atom is 0.265 e. The summed E-state index contributed by atoms with van der Waals surface area (Å²) in [5, 5.41) is 0. The minimum atomic E-state index is -1.22. The minimum absolute atomic E-state index is 0.00153. The van der Waals surface area contributed by atoms with Crippen molar-refractivity contribution < 1.29 is 9.59 Å². The van der Waals surface area contributed by atoms with Crippen molar-refractivity contribution in [3.63, 3.8) is 0 Å². The molecule has 0 aliphatic carbocycles. The first kappa shape index (κ1) is 15.3. The van der Waals surface area contributed by atoms with Crippen LogP contribution in [0.4, 0.5) is 0 Å². The first-order valence-electron chi connectivity index (χ1n) is 8.13. The van der Waals surface area contributed by atoms with E-state index in [1.807, 2.05) is 54.6 Å². The van der Waals surface area contributed by atoms with E-state index in [4.69, 9.17) is 4.99 Å². The van der Waals surface area contributed by atoms with Crippen LogP contribution >= 0.6 is 0 Å². The van der Waals surface area contributed by atoms with Crippen molar-refractivity contribution in [3.05, 3.63) is 96.2 Å². The van der Waals surface area contributed by atoms with Crippen LogP contribution in [0.3, 0.4) is 0 Å². The molecular formula is C21H16N2O2. The number of amidine groups is 1. The minimum Gasteiger partial charge on any atom is -0.294 e. The Labute approximate surface area is 145 Å². The van der Waals surface area contributed by atoms with Crippen LogP contribution in [0.25, 0.3) is 0 Å². The zero-order valence-corrected chi connectivity index (χ0v) is 13.5. The fourth-order valence-corrected chi connectivity index (χ4v) is 3.22. The Bertz CT molecular complexity index is 913. The van der Waals surface area contributed by atoms with E-state index in [1.54, 1.807) is 30.5 Å². The van der Waals surface area contributed by atoms with Gasteiger partial charge in [-0.3, -0.25) is 14.5 Å². The van der Waals surface area contributed by atoms with Crippen molar-refractivity contribution in [2.45, 2.75) is 12.0 Å². The fourth-order valence-electron chi connectivity index (χ4n) is 3.22. The van der Waals surface area contributed by atoms with Crippen molar-refractivity contribution >= 4 is 17.5 Å². The van der Waals surface area contributed by atoms with Crippen molar-refractivity contribution in [2.24, 2.45) is 4.99 Å². The summed E-state index contributed by atoms with van der Waals surface area (Å²) in [6.07, 6.45) is 7.11. The lowest BCUT2D eigenvalue weighted by Crippen LogP contribution is -2.40. The Balaban J connectivity index is 1.80. The van der Waals surface area contributed by atoms with Gasteiger partial charge in [-0.15, -0.1) is 0 Å². The zero-order chi connectivity index (χ0) is 17.3. The van der Waals surface area contributed by atoms with Gasteiger partial charge in [0.25, 0.3) is 5.91 Å². The van der Waals surface area contributed by atoms with Gasteiger partial charge in [0.1, 0.15) is 5.84 Å². The van der Waals surface area contributed by atoms with Gasteiger partial charge in [-0.25, -0.2) is 4.99 Å². The van der Waals surface area contributed by atoms with E-state index in [0.717, 1.165) is 5.56 Å². The van der Waals surface area contributed by atoms with Crippen LogP contribution < -0.4 is 0 Å². The first-order chi connectivity index (χ1) is 12.2. The molecule has 0 saturated heterocycles. The highest BCUT2D eigenvalue weighted by Gasteiger charge is 2.50. The molecule has 0 fully saturated rings. The molecule has 4 rings (SSSR count). The normalized spacial score (nSPS) is 21.2. The lowest BCUT2D eigenvalue weighted by molar-refractivity contribution is -0.129. The lowest BCUT2D eigenvalue weighted by atomic mass is 9.83. The third-order valence-corrected chi connectivity index (χ3v) is 4.48. The number of Topliss-reactive ketones (excluding diaryl/α,β-unsaturated/α-hetero) is 1. The number of rotatable bonds is 4. The molecule has 0 aromatic heterocycles. The molecule has 0 radical (unpaired) electrons. The average Bonchev–Trinajstić information content (AvgIpc) is 2.96. The van der Waals surface area contributed by atoms with Crippen molar-refractivity contribution in [3.8, 4) is 0 Å². The smallest absolute Gasteiger partial charge is 0.265 e. The second kappa shape index (κ2) is 5.98. The van der Waals surface area contributed by atoms with Crippen LogP contribution in [0.1, 0.15) is 22.3 Å². The molecule has 2 aliphatic heterocycles. The maximum atomic E-state index is 13.2. The fraction of sp³-hybridized carbons (Fsp3) is 0.0952. The van der Waals surface area contributed by atoms with Crippen LogP contribution in [-0.4, -0.2) is 22.4 Å². The number of carbonyl (C=O) groups is 2. The van der Waals surface area contributed by atoms with Gasteiger partial charge in [0.15, 0.2) is 11.3 Å². The Morgan fingerprint density at radius 2 is 1.64 bits per heavy atom. The van der Waals surface area contributed by atoms with Crippen LogP contribution in [0.15, 0.2) is 90.1 Å². The molecule has 0 saturated carbocycles. The number of benzene rings is 2. The largest absolute Gasteiger partial charge is 0.294 e. The summed E-state index contributed by atoms with van der Waals surface area (Å²) in [6, 6.07) is 18.3. The van der Waals surface area contributed by atoms with Crippen molar-refractivity contribution in [1.82, 2.24) is 4.90 Å². The Hall–Kier alpha value is -3.27. The van der Waals surface area contributed by atoms with Crippen LogP contribution in [-0.2, 0) is 10.3 Å². The number of amides is 1. The molecule has 2 aromatic rings. The number of aliphatic imine (C=N–C) groups is 1. The number of fused-ring (bicyclic) bond motifs is 1. The molecule has 25 heavy (non-hydrogen) atoms. The Morgan fingerprint density at radius 1 is 0.960 bits per heavy atom. The van der Waals surface area contributed by atoms with Gasteiger partial charge in [-0.1, -0.05) is 66.7 Å². The van der Waals surface area contributed by atoms with E-state index < -0.39 is 5.54 Å². The molecule has 4 nitrogen and oxygen atoms in total. The molecule has 1 amide bonds. The molecule has 0 spiro atoms. The predicted octanol–water partition coefficient (Wildman–Crippen LogP) is 3.48. The van der Waals surface area contributed by atoms with E-state index in [9.17, 15) is 9.59 Å². The number of allylic oxidation sites excluding steroid dienone is 2. The molecule has 2 aliphatic rings. The lowest BCUT2D eigenvalue weighted by Gasteiger charge is -2.25. The molecular weight excluding hydrogens is 312 g/mol. The molecule has 2 aromatic carbocycles. The molecule has 2 heterocycles. The predicted molar refractivity (Wildman–Crippen MR) is 96.1 cm³/mol. The number of hydrogen-bond donors (Lipinski definition) is 0. The van der Waals surface area contributed by atoms with E-state index in [-0.39, 0.29) is 18.1 Å². The summed E-state index contributed by atoms with van der Waals surface area (Å²) >= 11 is 0. The summed E-state index contributed by atoms with van der Waals surface area (Å²) in [5.41, 5.74) is 0.0949. The van der Waals surface area contributed by atoms with Gasteiger partial charge >= 0.3 is 0 Å². The highest BCUT2D eigenvalue weighted by atomic mass is 16.2. The Morgan fingerprint density at radius 3 is 2.32 bits per heavy atom. The number of ketones is 1. The maximum absolute atomic E-state index is 13.2. The van der Waals surface area contributed by atoms with Gasteiger partial charge in [0.2, 0.25) is 0 Å². The molecule has 0 bridgehead atoms. The van der Waals surface area contributed by atoms with Gasteiger partial charge in [-0.05, 0) is 17.7 Å². The Kier molecular flexibility index (Phi) is 3.65. The second-order valence-corrected chi connectivity index (χ2v) is 6.04. The van der Waals surface area contributed by atoms with E-state index in [2.05, 4.69) is 0 Å². The number of hydrogen-bond acceptors (Lipinski definition) is 3. The molecule has 122 valence electrons. The van der Waals surface area contributed by atoms with Gasteiger partial charge in [-0.2, -0.15) is 0 Å². The zero-order valence-electron chi connectivity index (χ0n) is 13.5. The average molecular weight is 328 g/mol. The summed E-state index contributed by atoms with van der Waals surface area (Å²) in [5.74, 6) is 0.269. The highest BCUT2D eigenvalue weighted by molar-refractivity contribution is 6.16. The molecule has 4 heteroatoms. The number of nitrogens with zero attached hydrogens (tertiary/aromatic N) is 2. The summed E-state index contributed by atoms with van der Waals surface area (Å²) < 4.78 is 0. The topological polar surface area (TPSA) is 49.7 Å². The van der Waals surface area contributed by atoms with Crippen LogP contribution in [0.5, 0.6) is 0 Å². The van der Waals surface area contributed by atoms with Crippen LogP contribution in [0, 0.1) is 0 Å². The summed E-state index contributed by atoms with van der Waals surface area (Å²) in [4.78, 5) is 32.3. The second-order valence-electron chi connectivity index (χ2n) is 6.04. The molecule has 0 N–H and O–H groups in total. The summed E-state index contributed by atoms with van der Waals surface area (Å²) in [6.45, 7) is 0. The van der Waals surface area contributed by atoms with E-state index in [0.29, 0.717) is 11.4 Å². The third kappa shape index (κ3) is 2.52. The van der Waals surface area contributed by atoms with Gasteiger partial charge in [0.05, 0.1) is 0 Å². The van der Waals surface area contributed by atoms with E-state index >= 15 is 0 Å².